The molecular formula is C17H31N3OSi. The van der Waals surface area contributed by atoms with Crippen LogP contribution < -0.4 is 0 Å². The molecule has 0 spiro atoms. The average Bonchev–Trinajstić information content (AvgIpc) is 2.79. The van der Waals surface area contributed by atoms with Gasteiger partial charge >= 0.3 is 0 Å². The molecule has 0 atom stereocenters. The van der Waals surface area contributed by atoms with Gasteiger partial charge in [0.2, 0.25) is 0 Å². The maximum atomic E-state index is 6.40. The molecule has 124 valence electrons. The first-order valence-electron chi connectivity index (χ1n) is 8.48. The van der Waals surface area contributed by atoms with Crippen LogP contribution in [-0.2, 0) is 24.0 Å². The van der Waals surface area contributed by atoms with Gasteiger partial charge in [-0.25, -0.2) is 4.98 Å². The van der Waals surface area contributed by atoms with E-state index in [0.717, 1.165) is 31.0 Å². The van der Waals surface area contributed by atoms with E-state index in [1.54, 1.807) is 0 Å². The Morgan fingerprint density at radius 3 is 2.68 bits per heavy atom. The second-order valence-electron chi connectivity index (χ2n) is 7.70. The van der Waals surface area contributed by atoms with Gasteiger partial charge in [0.1, 0.15) is 0 Å². The van der Waals surface area contributed by atoms with Crippen LogP contribution in [0.5, 0.6) is 0 Å². The third-order valence-corrected chi connectivity index (χ3v) is 9.47. The van der Waals surface area contributed by atoms with Crippen molar-refractivity contribution in [3.05, 3.63) is 17.2 Å². The van der Waals surface area contributed by atoms with Gasteiger partial charge < -0.3 is 8.99 Å². The summed E-state index contributed by atoms with van der Waals surface area (Å²) in [6.45, 7) is 16.1. The van der Waals surface area contributed by atoms with Gasteiger partial charge in [0.15, 0.2) is 14.1 Å². The summed E-state index contributed by atoms with van der Waals surface area (Å²) in [5.41, 5.74) is 2.49. The lowest BCUT2D eigenvalue weighted by molar-refractivity contribution is 0.271. The van der Waals surface area contributed by atoms with Crippen LogP contribution in [-0.4, -0.2) is 30.6 Å². The molecule has 0 aromatic carbocycles. The molecule has 22 heavy (non-hydrogen) atoms. The summed E-state index contributed by atoms with van der Waals surface area (Å²) in [6, 6.07) is 0. The van der Waals surface area contributed by atoms with Gasteiger partial charge in [0, 0.05) is 12.2 Å². The van der Waals surface area contributed by atoms with Crippen molar-refractivity contribution >= 4 is 14.5 Å². The molecule has 1 aliphatic rings. The fraction of sp³-hybridized carbons (Fsp3) is 0.765. The van der Waals surface area contributed by atoms with Gasteiger partial charge in [-0.1, -0.05) is 34.1 Å². The number of aromatic nitrogens is 2. The lowest BCUT2D eigenvalue weighted by atomic mass is 10.1. The topological polar surface area (TPSA) is 39.4 Å². The van der Waals surface area contributed by atoms with Crippen molar-refractivity contribution in [1.82, 2.24) is 9.55 Å². The lowest BCUT2D eigenvalue weighted by Gasteiger charge is -2.36. The van der Waals surface area contributed by atoms with Gasteiger partial charge in [0.25, 0.3) is 0 Å². The highest BCUT2D eigenvalue weighted by Gasteiger charge is 2.37. The van der Waals surface area contributed by atoms with Crippen LogP contribution in [0.25, 0.3) is 0 Å². The number of imidazole rings is 1. The second kappa shape index (κ2) is 6.67. The van der Waals surface area contributed by atoms with Crippen LogP contribution >= 0.6 is 0 Å². The van der Waals surface area contributed by atoms with Gasteiger partial charge in [-0.2, -0.15) is 0 Å². The zero-order chi connectivity index (χ0) is 16.4. The molecule has 0 fully saturated rings. The first-order valence-corrected chi connectivity index (χ1v) is 11.4. The Hall–Kier alpha value is -0.943. The van der Waals surface area contributed by atoms with E-state index in [-0.39, 0.29) is 5.04 Å². The molecule has 1 aliphatic heterocycles. The van der Waals surface area contributed by atoms with Crippen molar-refractivity contribution < 1.29 is 4.43 Å². The molecule has 4 nitrogen and oxygen atoms in total. The minimum Gasteiger partial charge on any atom is -0.411 e. The molecule has 0 amide bonds. The number of aliphatic imine (C=N–C) groups is 1. The van der Waals surface area contributed by atoms with Gasteiger partial charge in [-0.3, -0.25) is 4.99 Å². The Labute approximate surface area is 136 Å². The molecule has 1 aromatic heterocycles. The number of unbranched alkanes of at least 4 members (excludes halogenated alkanes) is 1. The van der Waals surface area contributed by atoms with Crippen molar-refractivity contribution in [2.24, 2.45) is 4.99 Å². The standard InChI is InChI=1S/C17H31N3OSi/c1-7-8-9-15-14(13-21-22(5,6)17(2,3)4)19-16-12-18-10-11-20(15)16/h12H,7-11,13H2,1-6H3. The molecule has 0 unspecified atom stereocenters. The summed E-state index contributed by atoms with van der Waals surface area (Å²) in [4.78, 5) is 9.16. The maximum Gasteiger partial charge on any atom is 0.192 e. The van der Waals surface area contributed by atoms with Gasteiger partial charge in [0.05, 0.1) is 25.1 Å². The van der Waals surface area contributed by atoms with Crippen molar-refractivity contribution in [1.29, 1.82) is 0 Å². The monoisotopic (exact) mass is 321 g/mol. The number of rotatable bonds is 6. The molecule has 0 radical (unpaired) electrons. The fourth-order valence-corrected chi connectivity index (χ4v) is 3.34. The zero-order valence-electron chi connectivity index (χ0n) is 15.1. The van der Waals surface area contributed by atoms with Crippen molar-refractivity contribution in [2.75, 3.05) is 6.54 Å². The Bertz CT molecular complexity index is 541. The summed E-state index contributed by atoms with van der Waals surface area (Å²) in [5.74, 6) is 1.01. The third-order valence-electron chi connectivity index (χ3n) is 4.99. The summed E-state index contributed by atoms with van der Waals surface area (Å²) in [7, 11) is -1.74. The van der Waals surface area contributed by atoms with Crippen LogP contribution in [0.2, 0.25) is 18.1 Å². The predicted octanol–water partition coefficient (Wildman–Crippen LogP) is 4.18. The lowest BCUT2D eigenvalue weighted by Crippen LogP contribution is -2.40. The molecule has 2 heterocycles. The molecule has 0 aliphatic carbocycles. The normalized spacial score (nSPS) is 15.2. The molecule has 1 aromatic rings. The minimum atomic E-state index is -1.74. The highest BCUT2D eigenvalue weighted by atomic mass is 28.4. The Kier molecular flexibility index (Phi) is 5.28. The van der Waals surface area contributed by atoms with E-state index in [1.807, 2.05) is 6.21 Å². The van der Waals surface area contributed by atoms with Crippen molar-refractivity contribution in [2.45, 2.75) is 78.2 Å². The molecule has 0 saturated carbocycles. The van der Waals surface area contributed by atoms with E-state index in [4.69, 9.17) is 9.41 Å². The maximum absolute atomic E-state index is 6.40. The number of hydrogen-bond donors (Lipinski definition) is 0. The van der Waals surface area contributed by atoms with Crippen LogP contribution in [0, 0.1) is 0 Å². The van der Waals surface area contributed by atoms with Gasteiger partial charge in [-0.15, -0.1) is 0 Å². The van der Waals surface area contributed by atoms with E-state index in [0.29, 0.717) is 6.61 Å². The SMILES string of the molecule is CCCCc1c(CO[Si](C)(C)C(C)(C)C)nc2n1CCN=C2. The molecule has 0 N–H and O–H groups in total. The number of fused-ring (bicyclic) bond motifs is 1. The number of hydrogen-bond acceptors (Lipinski definition) is 3. The highest BCUT2D eigenvalue weighted by Crippen LogP contribution is 2.37. The van der Waals surface area contributed by atoms with Crippen LogP contribution in [0.1, 0.15) is 57.7 Å². The van der Waals surface area contributed by atoms with Crippen molar-refractivity contribution in [3.8, 4) is 0 Å². The Morgan fingerprint density at radius 1 is 1.32 bits per heavy atom. The van der Waals surface area contributed by atoms with E-state index in [9.17, 15) is 0 Å². The molecule has 0 saturated heterocycles. The smallest absolute Gasteiger partial charge is 0.192 e. The number of nitrogens with zero attached hydrogens (tertiary/aromatic N) is 3. The summed E-state index contributed by atoms with van der Waals surface area (Å²) in [6.07, 6.45) is 5.41. The van der Waals surface area contributed by atoms with E-state index in [1.165, 1.54) is 18.5 Å². The molecular weight excluding hydrogens is 290 g/mol. The van der Waals surface area contributed by atoms with Crippen molar-refractivity contribution in [3.63, 3.8) is 0 Å². The minimum absolute atomic E-state index is 0.234. The van der Waals surface area contributed by atoms with E-state index < -0.39 is 8.32 Å². The highest BCUT2D eigenvalue weighted by molar-refractivity contribution is 6.74. The van der Waals surface area contributed by atoms with Crippen LogP contribution in [0.15, 0.2) is 4.99 Å². The predicted molar refractivity (Wildman–Crippen MR) is 95.3 cm³/mol. The summed E-state index contributed by atoms with van der Waals surface area (Å²) >= 11 is 0. The average molecular weight is 322 g/mol. The first kappa shape index (κ1) is 17.4. The van der Waals surface area contributed by atoms with Gasteiger partial charge in [-0.05, 0) is 31.0 Å². The van der Waals surface area contributed by atoms with Crippen LogP contribution in [0.4, 0.5) is 0 Å². The second-order valence-corrected chi connectivity index (χ2v) is 12.5. The third kappa shape index (κ3) is 3.69. The molecule has 0 bridgehead atoms. The fourth-order valence-electron chi connectivity index (χ4n) is 2.41. The quantitative estimate of drug-likeness (QED) is 0.737. The summed E-state index contributed by atoms with van der Waals surface area (Å²) < 4.78 is 8.74. The Morgan fingerprint density at radius 2 is 2.05 bits per heavy atom. The zero-order valence-corrected chi connectivity index (χ0v) is 16.1. The summed E-state index contributed by atoms with van der Waals surface area (Å²) in [5, 5.41) is 0.234. The first-order chi connectivity index (χ1) is 10.3. The van der Waals surface area contributed by atoms with Crippen LogP contribution in [0.3, 0.4) is 0 Å². The van der Waals surface area contributed by atoms with E-state index in [2.05, 4.69) is 50.3 Å². The molecule has 5 heteroatoms. The Balaban J connectivity index is 2.20. The molecule has 2 rings (SSSR count). The largest absolute Gasteiger partial charge is 0.411 e. The van der Waals surface area contributed by atoms with E-state index >= 15 is 0 Å².